The van der Waals surface area contributed by atoms with E-state index in [1.165, 1.54) is 0 Å². The van der Waals surface area contributed by atoms with Crippen molar-refractivity contribution < 1.29 is 4.79 Å². The van der Waals surface area contributed by atoms with Gasteiger partial charge in [0.15, 0.2) is 0 Å². The minimum Gasteiger partial charge on any atom is -0.338 e. The number of nitrogens with one attached hydrogen (secondary N) is 2. The van der Waals surface area contributed by atoms with Crippen LogP contribution in [0.5, 0.6) is 0 Å². The highest BCUT2D eigenvalue weighted by atomic mass is 16.2. The van der Waals surface area contributed by atoms with Crippen molar-refractivity contribution in [2.75, 3.05) is 19.6 Å². The maximum Gasteiger partial charge on any atom is 0.317 e. The highest BCUT2D eigenvalue weighted by molar-refractivity contribution is 5.80. The number of H-pyrrole nitrogens is 1. The third kappa shape index (κ3) is 5.64. The van der Waals surface area contributed by atoms with Crippen molar-refractivity contribution in [1.82, 2.24) is 30.8 Å². The zero-order chi connectivity index (χ0) is 21.2. The van der Waals surface area contributed by atoms with E-state index in [2.05, 4.69) is 32.9 Å². The number of aromatic amines is 1. The maximum atomic E-state index is 12.5. The number of carbonyl (C=O) groups excluding carboxylic acids is 1. The zero-order valence-electron chi connectivity index (χ0n) is 17.3. The summed E-state index contributed by atoms with van der Waals surface area (Å²) in [5, 5.41) is 17.3. The number of amides is 2. The van der Waals surface area contributed by atoms with Crippen LogP contribution in [0.25, 0.3) is 22.5 Å². The fourth-order valence-electron chi connectivity index (χ4n) is 3.31. The number of carbonyl (C=O) groups is 1. The molecule has 8 nitrogen and oxygen atoms in total. The van der Waals surface area contributed by atoms with Crippen molar-refractivity contribution in [3.8, 4) is 22.5 Å². The van der Waals surface area contributed by atoms with Crippen molar-refractivity contribution in [3.05, 3.63) is 54.1 Å². The van der Waals surface area contributed by atoms with Crippen LogP contribution in [0.2, 0.25) is 0 Å². The van der Waals surface area contributed by atoms with Gasteiger partial charge < -0.3 is 16.0 Å². The molecule has 0 saturated heterocycles. The SMILES string of the molecule is CCCCCNC(=O)N(CCN)Cc1ccc(-c2ccccc2-c2nn[nH]n2)cc1. The first-order valence-electron chi connectivity index (χ1n) is 10.4. The molecule has 30 heavy (non-hydrogen) atoms. The van der Waals surface area contributed by atoms with E-state index in [0.29, 0.717) is 32.0 Å². The third-order valence-corrected chi connectivity index (χ3v) is 4.89. The monoisotopic (exact) mass is 407 g/mol. The number of benzene rings is 2. The molecule has 0 spiro atoms. The lowest BCUT2D eigenvalue weighted by atomic mass is 9.98. The Morgan fingerprint density at radius 1 is 1.10 bits per heavy atom. The molecule has 0 aliphatic heterocycles. The van der Waals surface area contributed by atoms with E-state index in [1.54, 1.807) is 4.90 Å². The second-order valence-corrected chi connectivity index (χ2v) is 7.13. The smallest absolute Gasteiger partial charge is 0.317 e. The Labute approximate surface area is 176 Å². The molecule has 8 heteroatoms. The molecule has 0 saturated carbocycles. The molecule has 2 aromatic carbocycles. The number of hydrogen-bond acceptors (Lipinski definition) is 5. The molecule has 2 amide bonds. The van der Waals surface area contributed by atoms with Gasteiger partial charge in [0.25, 0.3) is 0 Å². The van der Waals surface area contributed by atoms with Crippen molar-refractivity contribution in [2.45, 2.75) is 32.7 Å². The van der Waals surface area contributed by atoms with E-state index in [9.17, 15) is 4.79 Å². The van der Waals surface area contributed by atoms with Crippen LogP contribution in [0.4, 0.5) is 4.79 Å². The minimum absolute atomic E-state index is 0.0666. The summed E-state index contributed by atoms with van der Waals surface area (Å²) in [5.41, 5.74) is 9.76. The molecule has 3 aromatic rings. The van der Waals surface area contributed by atoms with E-state index in [4.69, 9.17) is 5.73 Å². The van der Waals surface area contributed by atoms with Gasteiger partial charge in [-0.3, -0.25) is 0 Å². The Morgan fingerprint density at radius 2 is 1.87 bits per heavy atom. The molecule has 158 valence electrons. The number of aromatic nitrogens is 4. The number of rotatable bonds is 10. The van der Waals surface area contributed by atoms with Crippen molar-refractivity contribution in [1.29, 1.82) is 0 Å². The van der Waals surface area contributed by atoms with Crippen molar-refractivity contribution in [3.63, 3.8) is 0 Å². The van der Waals surface area contributed by atoms with Gasteiger partial charge in [-0.25, -0.2) is 4.79 Å². The quantitative estimate of drug-likeness (QED) is 0.447. The molecule has 0 radical (unpaired) electrons. The van der Waals surface area contributed by atoms with Crippen molar-refractivity contribution >= 4 is 6.03 Å². The number of hydrogen-bond donors (Lipinski definition) is 3. The van der Waals surface area contributed by atoms with E-state index in [-0.39, 0.29) is 6.03 Å². The predicted octanol–water partition coefficient (Wildman–Crippen LogP) is 3.19. The lowest BCUT2D eigenvalue weighted by Gasteiger charge is -2.23. The largest absolute Gasteiger partial charge is 0.338 e. The lowest BCUT2D eigenvalue weighted by molar-refractivity contribution is 0.196. The minimum atomic E-state index is -0.0666. The van der Waals surface area contributed by atoms with Gasteiger partial charge in [0, 0.05) is 31.7 Å². The summed E-state index contributed by atoms with van der Waals surface area (Å²) in [6.45, 7) is 4.30. The normalized spacial score (nSPS) is 10.7. The highest BCUT2D eigenvalue weighted by Gasteiger charge is 2.14. The molecule has 0 bridgehead atoms. The molecular weight excluding hydrogens is 378 g/mol. The Morgan fingerprint density at radius 3 is 2.53 bits per heavy atom. The molecular formula is C22H29N7O. The lowest BCUT2D eigenvalue weighted by Crippen LogP contribution is -2.42. The highest BCUT2D eigenvalue weighted by Crippen LogP contribution is 2.29. The fraction of sp³-hybridized carbons (Fsp3) is 0.364. The summed E-state index contributed by atoms with van der Waals surface area (Å²) in [6.07, 6.45) is 3.24. The summed E-state index contributed by atoms with van der Waals surface area (Å²) in [5.74, 6) is 0.559. The van der Waals surface area contributed by atoms with Gasteiger partial charge in [0.2, 0.25) is 5.82 Å². The Hall–Kier alpha value is -3.26. The Kier molecular flexibility index (Phi) is 7.91. The van der Waals surface area contributed by atoms with E-state index >= 15 is 0 Å². The average molecular weight is 408 g/mol. The van der Waals surface area contributed by atoms with Gasteiger partial charge in [0.05, 0.1) is 0 Å². The summed E-state index contributed by atoms with van der Waals surface area (Å²) in [4.78, 5) is 14.3. The molecule has 0 atom stereocenters. The first-order valence-corrected chi connectivity index (χ1v) is 10.4. The summed E-state index contributed by atoms with van der Waals surface area (Å²) in [7, 11) is 0. The Bertz CT molecular complexity index is 910. The van der Waals surface area contributed by atoms with E-state index < -0.39 is 0 Å². The van der Waals surface area contributed by atoms with Gasteiger partial charge in [-0.05, 0) is 28.3 Å². The number of tetrazole rings is 1. The van der Waals surface area contributed by atoms with Crippen LogP contribution in [0.3, 0.4) is 0 Å². The van der Waals surface area contributed by atoms with Crippen LogP contribution in [-0.4, -0.2) is 51.2 Å². The van der Waals surface area contributed by atoms with Crippen molar-refractivity contribution in [2.24, 2.45) is 5.73 Å². The number of nitrogens with two attached hydrogens (primary N) is 1. The van der Waals surface area contributed by atoms with Crippen LogP contribution in [0.15, 0.2) is 48.5 Å². The van der Waals surface area contributed by atoms with Crippen LogP contribution in [0.1, 0.15) is 31.7 Å². The number of nitrogens with zero attached hydrogens (tertiary/aromatic N) is 4. The number of unbranched alkanes of at least 4 members (excludes halogenated alkanes) is 2. The third-order valence-electron chi connectivity index (χ3n) is 4.89. The van der Waals surface area contributed by atoms with Crippen LogP contribution in [0, 0.1) is 0 Å². The number of urea groups is 1. The zero-order valence-corrected chi connectivity index (χ0v) is 17.3. The molecule has 1 aromatic heterocycles. The first kappa shape index (κ1) is 21.4. The molecule has 0 aliphatic carbocycles. The van der Waals surface area contributed by atoms with Gasteiger partial charge in [0.1, 0.15) is 0 Å². The van der Waals surface area contributed by atoms with Crippen LogP contribution < -0.4 is 11.1 Å². The summed E-state index contributed by atoms with van der Waals surface area (Å²) in [6, 6.07) is 16.1. The van der Waals surface area contributed by atoms with Gasteiger partial charge in [-0.15, -0.1) is 10.2 Å². The molecule has 0 fully saturated rings. The molecule has 1 heterocycles. The average Bonchev–Trinajstić information content (AvgIpc) is 3.32. The molecule has 3 rings (SSSR count). The molecule has 0 unspecified atom stereocenters. The van der Waals surface area contributed by atoms with E-state index in [0.717, 1.165) is 41.5 Å². The van der Waals surface area contributed by atoms with E-state index in [1.807, 2.05) is 48.5 Å². The Balaban J connectivity index is 1.70. The summed E-state index contributed by atoms with van der Waals surface area (Å²) < 4.78 is 0. The first-order chi connectivity index (χ1) is 14.7. The van der Waals surface area contributed by atoms with Gasteiger partial charge in [-0.1, -0.05) is 68.3 Å². The van der Waals surface area contributed by atoms with Gasteiger partial charge >= 0.3 is 6.03 Å². The van der Waals surface area contributed by atoms with Crippen LogP contribution >= 0.6 is 0 Å². The second kappa shape index (κ2) is 11.1. The topological polar surface area (TPSA) is 113 Å². The second-order valence-electron chi connectivity index (χ2n) is 7.13. The fourth-order valence-corrected chi connectivity index (χ4v) is 3.31. The standard InChI is InChI=1S/C22H29N7O/c1-2-3-6-14-24-22(30)29(15-13-23)16-17-9-11-18(12-10-17)19-7-4-5-8-20(19)21-25-27-28-26-21/h4-5,7-12H,2-3,6,13-16,23H2,1H3,(H,24,30)(H,25,26,27,28). The van der Waals surface area contributed by atoms with Crippen LogP contribution in [-0.2, 0) is 6.54 Å². The predicted molar refractivity (Wildman–Crippen MR) is 117 cm³/mol. The van der Waals surface area contributed by atoms with Gasteiger partial charge in [-0.2, -0.15) is 5.21 Å². The summed E-state index contributed by atoms with van der Waals surface area (Å²) >= 11 is 0. The molecule has 0 aliphatic rings. The molecule has 4 N–H and O–H groups in total. The maximum absolute atomic E-state index is 12.5.